The third kappa shape index (κ3) is 7.38. The van der Waals surface area contributed by atoms with Gasteiger partial charge in [0.25, 0.3) is 0 Å². The SMILES string of the molecule is CCC(C)c1ccccc1.CC[SiH](C)C. The minimum Gasteiger partial charge on any atom is -0.0722 e. The molecule has 0 aliphatic carbocycles. The molecule has 0 aromatic heterocycles. The Morgan fingerprint density at radius 3 is 1.87 bits per heavy atom. The molecule has 0 spiro atoms. The monoisotopic (exact) mass is 222 g/mol. The number of hydrogen-bond donors (Lipinski definition) is 0. The highest BCUT2D eigenvalue weighted by molar-refractivity contribution is 6.55. The molecular formula is C14H26Si. The third-order valence-electron chi connectivity index (χ3n) is 2.80. The Morgan fingerprint density at radius 1 is 1.07 bits per heavy atom. The van der Waals surface area contributed by atoms with E-state index in [2.05, 4.69) is 64.2 Å². The molecule has 1 rings (SSSR count). The first-order valence-electron chi connectivity index (χ1n) is 6.16. The number of hydrogen-bond acceptors (Lipinski definition) is 0. The average molecular weight is 222 g/mol. The quantitative estimate of drug-likeness (QED) is 0.651. The molecule has 1 aromatic rings. The van der Waals surface area contributed by atoms with Crippen LogP contribution in [0.2, 0.25) is 19.1 Å². The zero-order valence-corrected chi connectivity index (χ0v) is 12.1. The molecule has 0 saturated heterocycles. The van der Waals surface area contributed by atoms with E-state index < -0.39 is 0 Å². The van der Waals surface area contributed by atoms with E-state index in [1.54, 1.807) is 0 Å². The van der Waals surface area contributed by atoms with Crippen molar-refractivity contribution in [2.75, 3.05) is 0 Å². The van der Waals surface area contributed by atoms with Crippen molar-refractivity contribution in [2.24, 2.45) is 0 Å². The first-order valence-corrected chi connectivity index (χ1v) is 9.29. The predicted molar refractivity (Wildman–Crippen MR) is 74.5 cm³/mol. The van der Waals surface area contributed by atoms with Crippen LogP contribution in [0.25, 0.3) is 0 Å². The molecule has 0 saturated carbocycles. The van der Waals surface area contributed by atoms with Gasteiger partial charge in [0.15, 0.2) is 0 Å². The Hall–Kier alpha value is -0.563. The molecule has 0 N–H and O–H groups in total. The summed E-state index contributed by atoms with van der Waals surface area (Å²) in [6.07, 6.45) is 1.23. The lowest BCUT2D eigenvalue weighted by atomic mass is 9.99. The van der Waals surface area contributed by atoms with Crippen molar-refractivity contribution in [3.05, 3.63) is 35.9 Å². The van der Waals surface area contributed by atoms with Gasteiger partial charge in [0.2, 0.25) is 0 Å². The molecule has 0 radical (unpaired) electrons. The van der Waals surface area contributed by atoms with E-state index in [1.807, 2.05) is 0 Å². The lowest BCUT2D eigenvalue weighted by Crippen LogP contribution is -1.92. The molecule has 0 bridgehead atoms. The summed E-state index contributed by atoms with van der Waals surface area (Å²) < 4.78 is 0. The van der Waals surface area contributed by atoms with Crippen LogP contribution in [0.5, 0.6) is 0 Å². The van der Waals surface area contributed by atoms with Crippen molar-refractivity contribution < 1.29 is 0 Å². The lowest BCUT2D eigenvalue weighted by molar-refractivity contribution is 0.733. The van der Waals surface area contributed by atoms with Crippen molar-refractivity contribution in [3.63, 3.8) is 0 Å². The van der Waals surface area contributed by atoms with Crippen LogP contribution in [0.1, 0.15) is 38.7 Å². The first-order chi connectivity index (χ1) is 7.11. The van der Waals surface area contributed by atoms with Crippen LogP contribution < -0.4 is 0 Å². The Bertz CT molecular complexity index is 228. The molecule has 0 fully saturated rings. The zero-order valence-electron chi connectivity index (χ0n) is 11.0. The third-order valence-corrected chi connectivity index (χ3v) is 4.43. The summed E-state index contributed by atoms with van der Waals surface area (Å²) in [5.74, 6) is 0.709. The molecule has 15 heavy (non-hydrogen) atoms. The smallest absolute Gasteiger partial charge is 0.0302 e. The normalized spacial score (nSPS) is 11.9. The van der Waals surface area contributed by atoms with E-state index in [0.29, 0.717) is 5.92 Å². The first kappa shape index (κ1) is 14.4. The summed E-state index contributed by atoms with van der Waals surface area (Å²) in [6, 6.07) is 12.1. The molecule has 1 heteroatoms. The van der Waals surface area contributed by atoms with Crippen LogP contribution in [0.15, 0.2) is 30.3 Å². The molecule has 86 valence electrons. The van der Waals surface area contributed by atoms with Crippen LogP contribution in [-0.4, -0.2) is 8.80 Å². The van der Waals surface area contributed by atoms with Gasteiger partial charge in [0.1, 0.15) is 0 Å². The molecule has 1 unspecified atom stereocenters. The highest BCUT2D eigenvalue weighted by Crippen LogP contribution is 2.16. The van der Waals surface area contributed by atoms with Gasteiger partial charge in [-0.25, -0.2) is 0 Å². The van der Waals surface area contributed by atoms with E-state index in [1.165, 1.54) is 18.0 Å². The molecule has 1 aromatic carbocycles. The Kier molecular flexibility index (Phi) is 8.39. The van der Waals surface area contributed by atoms with Crippen LogP contribution in [0.4, 0.5) is 0 Å². The number of benzene rings is 1. The fourth-order valence-corrected chi connectivity index (χ4v) is 1.02. The Balaban J connectivity index is 0.000000336. The van der Waals surface area contributed by atoms with Crippen molar-refractivity contribution in [1.82, 2.24) is 0 Å². The predicted octanol–water partition coefficient (Wildman–Crippen LogP) is 4.69. The van der Waals surface area contributed by atoms with Crippen LogP contribution >= 0.6 is 0 Å². The molecule has 0 aliphatic rings. The minimum atomic E-state index is -0.150. The second-order valence-electron chi connectivity index (χ2n) is 4.52. The number of rotatable bonds is 3. The minimum absolute atomic E-state index is 0.150. The van der Waals surface area contributed by atoms with Gasteiger partial charge in [0, 0.05) is 8.80 Å². The van der Waals surface area contributed by atoms with Gasteiger partial charge in [0.05, 0.1) is 0 Å². The van der Waals surface area contributed by atoms with Gasteiger partial charge in [-0.1, -0.05) is 70.2 Å². The van der Waals surface area contributed by atoms with E-state index in [4.69, 9.17) is 0 Å². The second kappa shape index (κ2) is 8.72. The van der Waals surface area contributed by atoms with Gasteiger partial charge >= 0.3 is 0 Å². The summed E-state index contributed by atoms with van der Waals surface area (Å²) in [6.45, 7) is 11.5. The lowest BCUT2D eigenvalue weighted by Gasteiger charge is -2.06. The molecule has 0 nitrogen and oxygen atoms in total. The zero-order chi connectivity index (χ0) is 11.7. The highest BCUT2D eigenvalue weighted by Gasteiger charge is 1.98. The van der Waals surface area contributed by atoms with E-state index >= 15 is 0 Å². The van der Waals surface area contributed by atoms with Gasteiger partial charge in [-0.3, -0.25) is 0 Å². The van der Waals surface area contributed by atoms with E-state index in [-0.39, 0.29) is 8.80 Å². The average Bonchev–Trinajstić information content (AvgIpc) is 2.30. The van der Waals surface area contributed by atoms with Crippen molar-refractivity contribution in [2.45, 2.75) is 52.2 Å². The maximum Gasteiger partial charge on any atom is 0.0302 e. The van der Waals surface area contributed by atoms with Crippen molar-refractivity contribution in [1.29, 1.82) is 0 Å². The van der Waals surface area contributed by atoms with Crippen LogP contribution in [0.3, 0.4) is 0 Å². The highest BCUT2D eigenvalue weighted by atomic mass is 28.3. The fraction of sp³-hybridized carbons (Fsp3) is 0.571. The molecule has 0 heterocycles. The van der Waals surface area contributed by atoms with Crippen molar-refractivity contribution >= 4 is 8.80 Å². The van der Waals surface area contributed by atoms with Crippen LogP contribution in [0, 0.1) is 0 Å². The van der Waals surface area contributed by atoms with Crippen molar-refractivity contribution in [3.8, 4) is 0 Å². The second-order valence-corrected chi connectivity index (χ2v) is 8.13. The topological polar surface area (TPSA) is 0 Å². The molecule has 1 atom stereocenters. The molecule has 0 amide bonds. The fourth-order valence-electron chi connectivity index (χ4n) is 1.02. The molecule has 0 aliphatic heterocycles. The Labute approximate surface area is 97.3 Å². The largest absolute Gasteiger partial charge is 0.0722 e. The molecular weight excluding hydrogens is 196 g/mol. The standard InChI is InChI=1S/C10H14.C4H12Si/c1-3-9(2)10-7-5-4-6-8-10;1-4-5(2)3/h4-9H,3H2,1-2H3;5H,4H2,1-3H3. The van der Waals surface area contributed by atoms with Gasteiger partial charge < -0.3 is 0 Å². The van der Waals surface area contributed by atoms with Gasteiger partial charge in [-0.05, 0) is 17.9 Å². The Morgan fingerprint density at radius 2 is 1.53 bits per heavy atom. The summed E-state index contributed by atoms with van der Waals surface area (Å²) in [5, 5.41) is 0. The maximum atomic E-state index is 2.36. The summed E-state index contributed by atoms with van der Waals surface area (Å²) in [4.78, 5) is 0. The summed E-state index contributed by atoms with van der Waals surface area (Å²) in [5.41, 5.74) is 1.45. The van der Waals surface area contributed by atoms with Gasteiger partial charge in [-0.2, -0.15) is 0 Å². The summed E-state index contributed by atoms with van der Waals surface area (Å²) in [7, 11) is -0.150. The maximum absolute atomic E-state index is 2.36. The van der Waals surface area contributed by atoms with E-state index in [9.17, 15) is 0 Å². The summed E-state index contributed by atoms with van der Waals surface area (Å²) >= 11 is 0. The van der Waals surface area contributed by atoms with Gasteiger partial charge in [-0.15, -0.1) is 0 Å². The van der Waals surface area contributed by atoms with Crippen LogP contribution in [-0.2, 0) is 0 Å². The van der Waals surface area contributed by atoms with E-state index in [0.717, 1.165) is 0 Å².